The van der Waals surface area contributed by atoms with Crippen molar-refractivity contribution in [2.75, 3.05) is 0 Å². The van der Waals surface area contributed by atoms with E-state index in [4.69, 9.17) is 10.5 Å². The topological polar surface area (TPSA) is 90.7 Å². The van der Waals surface area contributed by atoms with E-state index < -0.39 is 4.92 Å². The molecule has 0 unspecified atom stereocenters. The molecule has 0 saturated heterocycles. The van der Waals surface area contributed by atoms with Gasteiger partial charge in [-0.3, -0.25) is 10.1 Å². The van der Waals surface area contributed by atoms with E-state index >= 15 is 0 Å². The highest BCUT2D eigenvalue weighted by atomic mass is 16.6. The molecule has 0 aromatic heterocycles. The van der Waals surface area contributed by atoms with Gasteiger partial charge in [-0.1, -0.05) is 12.1 Å². The Balaban J connectivity index is 2.70. The van der Waals surface area contributed by atoms with E-state index in [-0.39, 0.29) is 11.6 Å². The summed E-state index contributed by atoms with van der Waals surface area (Å²) in [7, 11) is 0. The Hall–Kier alpha value is -2.40. The van der Waals surface area contributed by atoms with E-state index in [1.54, 1.807) is 12.1 Å². The van der Waals surface area contributed by atoms with Gasteiger partial charge in [0.15, 0.2) is 0 Å². The largest absolute Gasteiger partial charge is 0.269 e. The lowest BCUT2D eigenvalue weighted by atomic mass is 9.94. The van der Waals surface area contributed by atoms with Crippen molar-refractivity contribution in [3.05, 3.63) is 39.9 Å². The van der Waals surface area contributed by atoms with Crippen molar-refractivity contribution in [3.8, 4) is 12.1 Å². The Kier molecular flexibility index (Phi) is 4.65. The lowest BCUT2D eigenvalue weighted by Crippen LogP contribution is -2.03. The van der Waals surface area contributed by atoms with E-state index in [0.29, 0.717) is 19.3 Å². The second kappa shape index (κ2) is 6.24. The van der Waals surface area contributed by atoms with Crippen molar-refractivity contribution in [1.29, 1.82) is 10.5 Å². The molecule has 0 N–H and O–H groups in total. The van der Waals surface area contributed by atoms with E-state index in [0.717, 1.165) is 5.56 Å². The number of benzene rings is 1. The van der Waals surface area contributed by atoms with Gasteiger partial charge in [-0.25, -0.2) is 0 Å². The van der Waals surface area contributed by atoms with Gasteiger partial charge in [0.1, 0.15) is 0 Å². The normalized spacial score (nSPS) is 9.59. The van der Waals surface area contributed by atoms with E-state index in [1.807, 2.05) is 12.1 Å². The van der Waals surface area contributed by atoms with E-state index in [2.05, 4.69) is 0 Å². The number of rotatable bonds is 5. The molecule has 0 spiro atoms. The second-order valence-corrected chi connectivity index (χ2v) is 3.72. The standard InChI is InChI=1S/C12H11N3O2/c13-7-5-11(6-8-14)9-10-1-3-12(4-2-10)15(16)17/h1-4,11H,5-6,9H2. The lowest BCUT2D eigenvalue weighted by Gasteiger charge is -2.08. The molecule has 0 aliphatic carbocycles. The third kappa shape index (κ3) is 3.92. The zero-order valence-electron chi connectivity index (χ0n) is 9.17. The maximum Gasteiger partial charge on any atom is 0.269 e. The molecule has 0 aliphatic heterocycles. The average molecular weight is 229 g/mol. The molecule has 0 aliphatic rings. The Morgan fingerprint density at radius 2 is 1.71 bits per heavy atom. The third-order valence-corrected chi connectivity index (χ3v) is 2.43. The third-order valence-electron chi connectivity index (χ3n) is 2.43. The van der Waals surface area contributed by atoms with Crippen LogP contribution in [0.15, 0.2) is 24.3 Å². The molecule has 1 rings (SSSR count). The first-order chi connectivity index (χ1) is 8.17. The highest BCUT2D eigenvalue weighted by Crippen LogP contribution is 2.18. The molecule has 1 aromatic carbocycles. The van der Waals surface area contributed by atoms with Crippen LogP contribution in [0.1, 0.15) is 18.4 Å². The second-order valence-electron chi connectivity index (χ2n) is 3.72. The Morgan fingerprint density at radius 3 is 2.12 bits per heavy atom. The van der Waals surface area contributed by atoms with Crippen LogP contribution in [-0.4, -0.2) is 4.92 Å². The van der Waals surface area contributed by atoms with Crippen LogP contribution in [0.5, 0.6) is 0 Å². The summed E-state index contributed by atoms with van der Waals surface area (Å²) >= 11 is 0. The maximum atomic E-state index is 10.5. The van der Waals surface area contributed by atoms with Gasteiger partial charge in [-0.15, -0.1) is 0 Å². The minimum atomic E-state index is -0.453. The number of hydrogen-bond donors (Lipinski definition) is 0. The van der Waals surface area contributed by atoms with Crippen LogP contribution < -0.4 is 0 Å². The van der Waals surface area contributed by atoms with Gasteiger partial charge in [-0.05, 0) is 17.9 Å². The van der Waals surface area contributed by atoms with Gasteiger partial charge in [0.05, 0.1) is 17.1 Å². The van der Waals surface area contributed by atoms with Crippen LogP contribution in [-0.2, 0) is 6.42 Å². The molecule has 0 atom stereocenters. The first-order valence-electron chi connectivity index (χ1n) is 5.14. The van der Waals surface area contributed by atoms with Gasteiger partial charge in [0.2, 0.25) is 0 Å². The van der Waals surface area contributed by atoms with Crippen LogP contribution in [0, 0.1) is 38.7 Å². The van der Waals surface area contributed by atoms with Crippen molar-refractivity contribution in [2.45, 2.75) is 19.3 Å². The fourth-order valence-electron chi connectivity index (χ4n) is 1.56. The maximum absolute atomic E-state index is 10.5. The molecular formula is C12H11N3O2. The average Bonchev–Trinajstić information content (AvgIpc) is 2.30. The summed E-state index contributed by atoms with van der Waals surface area (Å²) in [5, 5.41) is 27.7. The predicted octanol–water partition coefficient (Wildman–Crippen LogP) is 2.58. The van der Waals surface area contributed by atoms with Gasteiger partial charge >= 0.3 is 0 Å². The zero-order valence-corrected chi connectivity index (χ0v) is 9.17. The fraction of sp³-hybridized carbons (Fsp3) is 0.333. The number of nitro groups is 1. The molecule has 0 radical (unpaired) electrons. The number of nitriles is 2. The molecule has 0 amide bonds. The fourth-order valence-corrected chi connectivity index (χ4v) is 1.56. The summed E-state index contributed by atoms with van der Waals surface area (Å²) in [5.74, 6) is -0.00791. The zero-order chi connectivity index (χ0) is 12.7. The van der Waals surface area contributed by atoms with Gasteiger partial charge < -0.3 is 0 Å². The summed E-state index contributed by atoms with van der Waals surface area (Å²) in [6.45, 7) is 0. The van der Waals surface area contributed by atoms with Gasteiger partial charge in [-0.2, -0.15) is 10.5 Å². The lowest BCUT2D eigenvalue weighted by molar-refractivity contribution is -0.384. The van der Waals surface area contributed by atoms with Crippen LogP contribution in [0.3, 0.4) is 0 Å². The van der Waals surface area contributed by atoms with Crippen LogP contribution in [0.2, 0.25) is 0 Å². The molecular weight excluding hydrogens is 218 g/mol. The van der Waals surface area contributed by atoms with E-state index in [9.17, 15) is 10.1 Å². The molecule has 17 heavy (non-hydrogen) atoms. The Morgan fingerprint density at radius 1 is 1.18 bits per heavy atom. The first kappa shape index (κ1) is 12.7. The molecule has 0 saturated carbocycles. The van der Waals surface area contributed by atoms with Crippen LogP contribution >= 0.6 is 0 Å². The Bertz CT molecular complexity index is 452. The van der Waals surface area contributed by atoms with Gasteiger partial charge in [0.25, 0.3) is 5.69 Å². The molecule has 5 heteroatoms. The first-order valence-corrected chi connectivity index (χ1v) is 5.14. The highest BCUT2D eigenvalue weighted by Gasteiger charge is 2.10. The molecule has 0 fully saturated rings. The molecule has 1 aromatic rings. The van der Waals surface area contributed by atoms with Crippen molar-refractivity contribution >= 4 is 5.69 Å². The van der Waals surface area contributed by atoms with Crippen LogP contribution in [0.4, 0.5) is 5.69 Å². The summed E-state index contributed by atoms with van der Waals surface area (Å²) in [6.07, 6.45) is 1.24. The molecule has 0 heterocycles. The van der Waals surface area contributed by atoms with Crippen molar-refractivity contribution < 1.29 is 4.92 Å². The minimum Gasteiger partial charge on any atom is -0.258 e. The minimum absolute atomic E-state index is 0.00791. The SMILES string of the molecule is N#CCC(CC#N)Cc1ccc([N+](=O)[O-])cc1. The summed E-state index contributed by atoms with van der Waals surface area (Å²) in [5.41, 5.74) is 0.956. The molecule has 86 valence electrons. The van der Waals surface area contributed by atoms with Crippen LogP contribution in [0.25, 0.3) is 0 Å². The van der Waals surface area contributed by atoms with Gasteiger partial charge in [0, 0.05) is 25.0 Å². The summed E-state index contributed by atoms with van der Waals surface area (Å²) < 4.78 is 0. The van der Waals surface area contributed by atoms with Crippen molar-refractivity contribution in [1.82, 2.24) is 0 Å². The van der Waals surface area contributed by atoms with E-state index in [1.165, 1.54) is 12.1 Å². The quantitative estimate of drug-likeness (QED) is 0.573. The number of nitro benzene ring substituents is 1. The number of hydrogen-bond acceptors (Lipinski definition) is 4. The smallest absolute Gasteiger partial charge is 0.258 e. The molecule has 5 nitrogen and oxygen atoms in total. The number of non-ortho nitro benzene ring substituents is 1. The summed E-state index contributed by atoms with van der Waals surface area (Å²) in [4.78, 5) is 10.0. The van der Waals surface area contributed by atoms with Crippen molar-refractivity contribution in [3.63, 3.8) is 0 Å². The summed E-state index contributed by atoms with van der Waals surface area (Å²) in [6, 6.07) is 10.3. The Labute approximate surface area is 99.1 Å². The monoisotopic (exact) mass is 229 g/mol. The highest BCUT2D eigenvalue weighted by molar-refractivity contribution is 5.33. The predicted molar refractivity (Wildman–Crippen MR) is 60.8 cm³/mol. The molecule has 0 bridgehead atoms. The number of nitrogens with zero attached hydrogens (tertiary/aromatic N) is 3. The van der Waals surface area contributed by atoms with Crippen molar-refractivity contribution in [2.24, 2.45) is 5.92 Å².